The molecule has 0 bridgehead atoms. The summed E-state index contributed by atoms with van der Waals surface area (Å²) in [6.45, 7) is 8.32. The zero-order valence-corrected chi connectivity index (χ0v) is 14.8. The van der Waals surface area contributed by atoms with Gasteiger partial charge in [0.25, 0.3) is 0 Å². The lowest BCUT2D eigenvalue weighted by Gasteiger charge is -2.32. The number of Topliss-reactive ketones (excluding diaryl/α,β-unsaturated/α-hetero) is 1. The average molecular weight is 331 g/mol. The molecule has 6 nitrogen and oxygen atoms in total. The smallest absolute Gasteiger partial charge is 0.222 e. The number of carbonyl (C=O) groups excluding carboxylic acids is 3. The van der Waals surface area contributed by atoms with Gasteiger partial charge >= 0.3 is 0 Å². The highest BCUT2D eigenvalue weighted by atomic mass is 16.2. The van der Waals surface area contributed by atoms with E-state index in [0.29, 0.717) is 30.9 Å². The molecule has 130 valence electrons. The van der Waals surface area contributed by atoms with E-state index in [0.717, 1.165) is 12.0 Å². The van der Waals surface area contributed by atoms with Crippen molar-refractivity contribution in [2.75, 3.05) is 18.4 Å². The van der Waals surface area contributed by atoms with E-state index >= 15 is 0 Å². The molecule has 2 amide bonds. The third-order valence-corrected chi connectivity index (χ3v) is 4.33. The molecule has 6 heteroatoms. The summed E-state index contributed by atoms with van der Waals surface area (Å²) in [5.41, 5.74) is 1.70. The van der Waals surface area contributed by atoms with Crippen molar-refractivity contribution in [2.24, 2.45) is 5.92 Å². The number of nitrogens with zero attached hydrogens (tertiary/aromatic N) is 2. The maximum atomic E-state index is 12.3. The van der Waals surface area contributed by atoms with E-state index in [1.54, 1.807) is 20.0 Å². The zero-order valence-electron chi connectivity index (χ0n) is 14.8. The molecule has 1 aliphatic rings. The average Bonchev–Trinajstić information content (AvgIpc) is 2.54. The van der Waals surface area contributed by atoms with E-state index in [2.05, 4.69) is 10.3 Å². The zero-order chi connectivity index (χ0) is 17.9. The van der Waals surface area contributed by atoms with Crippen molar-refractivity contribution in [2.45, 2.75) is 46.5 Å². The highest BCUT2D eigenvalue weighted by molar-refractivity contribution is 6.03. The van der Waals surface area contributed by atoms with Crippen LogP contribution < -0.4 is 5.32 Å². The van der Waals surface area contributed by atoms with Crippen molar-refractivity contribution in [1.82, 2.24) is 9.88 Å². The van der Waals surface area contributed by atoms with Crippen LogP contribution in [-0.4, -0.2) is 40.6 Å². The van der Waals surface area contributed by atoms with Crippen LogP contribution >= 0.6 is 0 Å². The van der Waals surface area contributed by atoms with Gasteiger partial charge in [0.05, 0.1) is 5.69 Å². The number of ketones is 1. The first-order valence-electron chi connectivity index (χ1n) is 8.43. The Bertz CT molecular complexity index is 655. The molecule has 1 N–H and O–H groups in total. The number of likely N-dealkylation sites (tertiary alicyclic amines) is 1. The Kier molecular flexibility index (Phi) is 5.70. The summed E-state index contributed by atoms with van der Waals surface area (Å²) in [4.78, 5) is 41.8. The monoisotopic (exact) mass is 331 g/mol. The van der Waals surface area contributed by atoms with Gasteiger partial charge in [-0.05, 0) is 25.0 Å². The van der Waals surface area contributed by atoms with E-state index in [-0.39, 0.29) is 29.4 Å². The molecule has 1 saturated heterocycles. The van der Waals surface area contributed by atoms with Crippen LogP contribution in [0.15, 0.2) is 12.3 Å². The van der Waals surface area contributed by atoms with Gasteiger partial charge in [0.2, 0.25) is 11.8 Å². The van der Waals surface area contributed by atoms with Gasteiger partial charge in [0.1, 0.15) is 5.69 Å². The van der Waals surface area contributed by atoms with Crippen molar-refractivity contribution in [3.63, 3.8) is 0 Å². The van der Waals surface area contributed by atoms with Gasteiger partial charge in [-0.25, -0.2) is 0 Å². The molecule has 0 radical (unpaired) electrons. The first-order chi connectivity index (χ1) is 11.3. The van der Waals surface area contributed by atoms with Gasteiger partial charge in [-0.15, -0.1) is 0 Å². The van der Waals surface area contributed by atoms with Crippen LogP contribution in [0.2, 0.25) is 0 Å². The summed E-state index contributed by atoms with van der Waals surface area (Å²) < 4.78 is 0. The Morgan fingerprint density at radius 3 is 2.71 bits per heavy atom. The van der Waals surface area contributed by atoms with Gasteiger partial charge in [-0.3, -0.25) is 19.4 Å². The van der Waals surface area contributed by atoms with Crippen LogP contribution in [0.5, 0.6) is 0 Å². The van der Waals surface area contributed by atoms with Gasteiger partial charge in [-0.2, -0.15) is 0 Å². The highest BCUT2D eigenvalue weighted by Crippen LogP contribution is 2.30. The predicted molar refractivity (Wildman–Crippen MR) is 91.9 cm³/mol. The fourth-order valence-electron chi connectivity index (χ4n) is 2.95. The van der Waals surface area contributed by atoms with Gasteiger partial charge in [-0.1, -0.05) is 13.8 Å². The second-order valence-electron chi connectivity index (χ2n) is 6.53. The molecule has 1 unspecified atom stereocenters. The van der Waals surface area contributed by atoms with Crippen LogP contribution in [0.1, 0.15) is 62.5 Å². The minimum Gasteiger partial charge on any atom is -0.342 e. The molecule has 1 aromatic rings. The minimum atomic E-state index is -0.235. The van der Waals surface area contributed by atoms with Crippen LogP contribution in [0.4, 0.5) is 5.69 Å². The Labute approximate surface area is 142 Å². The summed E-state index contributed by atoms with van der Waals surface area (Å²) in [6, 6.07) is 1.83. The van der Waals surface area contributed by atoms with Crippen LogP contribution in [-0.2, 0) is 9.59 Å². The number of piperidine rings is 1. The lowest BCUT2D eigenvalue weighted by Crippen LogP contribution is -2.38. The Hall–Kier alpha value is -2.24. The molecule has 1 aliphatic heterocycles. The molecule has 0 aromatic carbocycles. The molecular formula is C18H25N3O3. The van der Waals surface area contributed by atoms with Crippen molar-refractivity contribution in [3.8, 4) is 0 Å². The number of aromatic nitrogens is 1. The molecule has 24 heavy (non-hydrogen) atoms. The Balaban J connectivity index is 2.33. The van der Waals surface area contributed by atoms with E-state index in [9.17, 15) is 14.4 Å². The molecule has 2 rings (SSSR count). The number of anilines is 1. The number of nitrogens with one attached hydrogen (secondary N) is 1. The fourth-order valence-corrected chi connectivity index (χ4v) is 2.95. The summed E-state index contributed by atoms with van der Waals surface area (Å²) in [5.74, 6) is -0.180. The quantitative estimate of drug-likeness (QED) is 0.841. The molecule has 1 atom stereocenters. The van der Waals surface area contributed by atoms with Gasteiger partial charge < -0.3 is 10.2 Å². The lowest BCUT2D eigenvalue weighted by molar-refractivity contribution is -0.133. The maximum absolute atomic E-state index is 12.3. The maximum Gasteiger partial charge on any atom is 0.222 e. The lowest BCUT2D eigenvalue weighted by atomic mass is 9.90. The first-order valence-corrected chi connectivity index (χ1v) is 8.43. The van der Waals surface area contributed by atoms with E-state index in [1.165, 1.54) is 6.92 Å². The second-order valence-corrected chi connectivity index (χ2v) is 6.53. The van der Waals surface area contributed by atoms with Crippen LogP contribution in [0, 0.1) is 5.92 Å². The topological polar surface area (TPSA) is 79.4 Å². The highest BCUT2D eigenvalue weighted by Gasteiger charge is 2.27. The Morgan fingerprint density at radius 1 is 1.42 bits per heavy atom. The number of rotatable bonds is 5. The molecule has 1 aromatic heterocycles. The summed E-state index contributed by atoms with van der Waals surface area (Å²) in [5, 5.41) is 2.72. The van der Waals surface area contributed by atoms with Crippen LogP contribution in [0.3, 0.4) is 0 Å². The fraction of sp³-hybridized carbons (Fsp3) is 0.556. The van der Waals surface area contributed by atoms with Crippen molar-refractivity contribution in [3.05, 3.63) is 23.5 Å². The number of pyridine rings is 1. The van der Waals surface area contributed by atoms with E-state index in [4.69, 9.17) is 0 Å². The second kappa shape index (κ2) is 7.55. The van der Waals surface area contributed by atoms with Crippen molar-refractivity contribution in [1.29, 1.82) is 0 Å². The summed E-state index contributed by atoms with van der Waals surface area (Å²) >= 11 is 0. The van der Waals surface area contributed by atoms with Crippen LogP contribution in [0.25, 0.3) is 0 Å². The minimum absolute atomic E-state index is 0.0979. The number of hydrogen-bond donors (Lipinski definition) is 1. The summed E-state index contributed by atoms with van der Waals surface area (Å²) in [7, 11) is 0. The normalized spacial score (nSPS) is 18.0. The van der Waals surface area contributed by atoms with Crippen molar-refractivity contribution < 1.29 is 14.4 Å². The third kappa shape index (κ3) is 3.99. The molecule has 1 fully saturated rings. The number of likely N-dealkylation sites (N-methyl/N-ethyl adjacent to an activating group) is 1. The summed E-state index contributed by atoms with van der Waals surface area (Å²) in [6.07, 6.45) is 2.98. The number of amides is 2. The van der Waals surface area contributed by atoms with Gasteiger partial charge in [0, 0.05) is 44.5 Å². The SMILES string of the molecule is CCN1CC(c2cnc(C(=O)C(C)C)c(NC(C)=O)c2)CCC1=O. The standard InChI is InChI=1S/C18H25N3O3/c1-5-21-10-13(6-7-16(21)23)14-8-15(20-12(4)22)17(19-9-14)18(24)11(2)3/h8-9,11,13H,5-7,10H2,1-4H3,(H,20,22). The van der Waals surface area contributed by atoms with Gasteiger partial charge in [0.15, 0.2) is 5.78 Å². The predicted octanol–water partition coefficient (Wildman–Crippen LogP) is 2.60. The van der Waals surface area contributed by atoms with E-state index < -0.39 is 0 Å². The van der Waals surface area contributed by atoms with E-state index in [1.807, 2.05) is 17.9 Å². The molecular weight excluding hydrogens is 306 g/mol. The number of carbonyl (C=O) groups is 3. The molecule has 0 saturated carbocycles. The number of hydrogen-bond acceptors (Lipinski definition) is 4. The molecule has 2 heterocycles. The third-order valence-electron chi connectivity index (χ3n) is 4.33. The first kappa shape index (κ1) is 18.1. The molecule has 0 spiro atoms. The largest absolute Gasteiger partial charge is 0.342 e. The van der Waals surface area contributed by atoms with Crippen molar-refractivity contribution >= 4 is 23.3 Å². The Morgan fingerprint density at radius 2 is 2.12 bits per heavy atom. The molecule has 0 aliphatic carbocycles.